The third kappa shape index (κ3) is 4.20. The molecule has 0 saturated carbocycles. The van der Waals surface area contributed by atoms with Gasteiger partial charge in [0.25, 0.3) is 8.32 Å². The van der Waals surface area contributed by atoms with Gasteiger partial charge < -0.3 is 19.6 Å². The van der Waals surface area contributed by atoms with Crippen LogP contribution in [0, 0.1) is 10.8 Å². The number of piperidine rings is 1. The lowest BCUT2D eigenvalue weighted by atomic mass is 9.50. The second kappa shape index (κ2) is 9.94. The first kappa shape index (κ1) is 26.6. The molecule has 2 aliphatic heterocycles. The molecule has 0 bridgehead atoms. The van der Waals surface area contributed by atoms with Crippen LogP contribution in [0.3, 0.4) is 0 Å². The molecule has 0 spiro atoms. The lowest BCUT2D eigenvalue weighted by molar-refractivity contribution is -0.204. The van der Waals surface area contributed by atoms with E-state index < -0.39 is 20.2 Å². The van der Waals surface area contributed by atoms with Gasteiger partial charge in [-0.2, -0.15) is 0 Å². The summed E-state index contributed by atoms with van der Waals surface area (Å²) in [6, 6.07) is 21.6. The molecule has 2 heterocycles. The van der Waals surface area contributed by atoms with Crippen molar-refractivity contribution in [2.24, 2.45) is 10.8 Å². The fourth-order valence-electron chi connectivity index (χ4n) is 7.48. The van der Waals surface area contributed by atoms with Gasteiger partial charge in [0, 0.05) is 10.8 Å². The zero-order valence-corrected chi connectivity index (χ0v) is 23.9. The molecule has 37 heavy (non-hydrogen) atoms. The number of aliphatic hydroxyl groups is 1. The molecule has 3 unspecified atom stereocenters. The van der Waals surface area contributed by atoms with Crippen molar-refractivity contribution in [3.63, 3.8) is 0 Å². The number of rotatable bonds is 6. The van der Waals surface area contributed by atoms with Gasteiger partial charge in [-0.1, -0.05) is 113 Å². The van der Waals surface area contributed by atoms with Gasteiger partial charge >= 0.3 is 0 Å². The minimum Gasteiger partial charge on any atom is -0.385 e. The van der Waals surface area contributed by atoms with Crippen LogP contribution in [0.15, 0.2) is 85.0 Å². The molecule has 0 aromatic heterocycles. The van der Waals surface area contributed by atoms with E-state index in [1.807, 2.05) is 18.2 Å². The Bertz CT molecular complexity index is 1080. The van der Waals surface area contributed by atoms with Crippen molar-refractivity contribution in [2.45, 2.75) is 70.3 Å². The smallest absolute Gasteiger partial charge is 0.264 e. The van der Waals surface area contributed by atoms with Crippen molar-refractivity contribution in [1.29, 1.82) is 0 Å². The van der Waals surface area contributed by atoms with Crippen LogP contribution < -0.4 is 15.7 Å². The van der Waals surface area contributed by atoms with E-state index in [4.69, 9.17) is 9.16 Å². The molecule has 2 aromatic rings. The first-order valence-corrected chi connectivity index (χ1v) is 15.8. The van der Waals surface area contributed by atoms with Crippen LogP contribution in [0.5, 0.6) is 0 Å². The highest BCUT2D eigenvalue weighted by atomic mass is 28.4. The molecule has 5 heteroatoms. The Morgan fingerprint density at radius 3 is 2.03 bits per heavy atom. The van der Waals surface area contributed by atoms with E-state index in [2.05, 4.69) is 99.8 Å². The van der Waals surface area contributed by atoms with Crippen molar-refractivity contribution in [1.82, 2.24) is 5.32 Å². The van der Waals surface area contributed by atoms with Crippen molar-refractivity contribution in [2.75, 3.05) is 19.7 Å². The number of benzene rings is 2. The van der Waals surface area contributed by atoms with E-state index in [9.17, 15) is 5.11 Å². The Morgan fingerprint density at radius 2 is 1.51 bits per heavy atom. The minimum absolute atomic E-state index is 0.145. The van der Waals surface area contributed by atoms with Crippen LogP contribution >= 0.6 is 0 Å². The van der Waals surface area contributed by atoms with E-state index in [1.54, 1.807) is 0 Å². The van der Waals surface area contributed by atoms with Gasteiger partial charge in [0.1, 0.15) is 0 Å². The first-order chi connectivity index (χ1) is 17.7. The Kier molecular flexibility index (Phi) is 7.14. The number of ether oxygens (including phenoxy) is 1. The van der Waals surface area contributed by atoms with E-state index in [0.29, 0.717) is 13.0 Å². The highest BCUT2D eigenvalue weighted by Gasteiger charge is 2.66. The quantitative estimate of drug-likeness (QED) is 0.534. The number of hydrogen-bond acceptors (Lipinski definition) is 4. The average Bonchev–Trinajstić information content (AvgIpc) is 3.29. The van der Waals surface area contributed by atoms with Gasteiger partial charge in [-0.05, 0) is 54.2 Å². The Hall–Kier alpha value is -2.02. The maximum absolute atomic E-state index is 12.3. The van der Waals surface area contributed by atoms with E-state index in [0.717, 1.165) is 32.4 Å². The Morgan fingerprint density at radius 1 is 0.919 bits per heavy atom. The summed E-state index contributed by atoms with van der Waals surface area (Å²) in [5.41, 5.74) is -1.65. The molecule has 5 rings (SSSR count). The van der Waals surface area contributed by atoms with Gasteiger partial charge in [-0.25, -0.2) is 0 Å². The standard InChI is InChI=1S/C32H43NO3Si/c1-29(2,3)37(26-14-8-5-9-15-26,27-16-10-6-11-17-27)36-28-30(4,22-25-35-28)31(20-23-33-24-21-31)32(34)18-12-7-13-19-32/h5-18,28,33-34H,19-25H2,1-4H3. The average molecular weight is 518 g/mol. The number of nitrogens with one attached hydrogen (secondary N) is 1. The van der Waals surface area contributed by atoms with Gasteiger partial charge in [0.05, 0.1) is 12.2 Å². The van der Waals surface area contributed by atoms with Crippen molar-refractivity contribution < 1.29 is 14.3 Å². The van der Waals surface area contributed by atoms with E-state index in [1.165, 1.54) is 10.4 Å². The zero-order chi connectivity index (χ0) is 26.2. The summed E-state index contributed by atoms with van der Waals surface area (Å²) in [5.74, 6) is 0. The third-order valence-corrected chi connectivity index (χ3v) is 14.5. The van der Waals surface area contributed by atoms with E-state index >= 15 is 0 Å². The summed E-state index contributed by atoms with van der Waals surface area (Å²) in [6.45, 7) is 11.7. The normalized spacial score (nSPS) is 29.9. The maximum Gasteiger partial charge on any atom is 0.264 e. The number of hydrogen-bond donors (Lipinski definition) is 2. The van der Waals surface area contributed by atoms with Crippen LogP contribution in [-0.2, 0) is 9.16 Å². The highest BCUT2D eigenvalue weighted by Crippen LogP contribution is 2.62. The van der Waals surface area contributed by atoms with Gasteiger partial charge in [-0.3, -0.25) is 0 Å². The molecule has 2 saturated heterocycles. The van der Waals surface area contributed by atoms with Gasteiger partial charge in [0.15, 0.2) is 6.29 Å². The second-order valence-electron chi connectivity index (χ2n) is 12.4. The highest BCUT2D eigenvalue weighted by molar-refractivity contribution is 6.99. The summed E-state index contributed by atoms with van der Waals surface area (Å²) in [5, 5.41) is 18.2. The SMILES string of the molecule is CC1(C2(C3(O)C=CC=CC3)CCNCC2)CCOC1O[Si](c1ccccc1)(c1ccccc1)C(C)(C)C. The van der Waals surface area contributed by atoms with Gasteiger partial charge in [-0.15, -0.1) is 0 Å². The largest absolute Gasteiger partial charge is 0.385 e. The maximum atomic E-state index is 12.3. The molecule has 2 aromatic carbocycles. The van der Waals surface area contributed by atoms with Crippen LogP contribution in [-0.4, -0.2) is 45.0 Å². The molecule has 0 amide bonds. The van der Waals surface area contributed by atoms with Crippen LogP contribution in [0.2, 0.25) is 5.04 Å². The van der Waals surface area contributed by atoms with Crippen molar-refractivity contribution in [3.05, 3.63) is 85.0 Å². The summed E-state index contributed by atoms with van der Waals surface area (Å²) in [6.07, 6.45) is 11.1. The molecular formula is C32H43NO3Si. The fourth-order valence-corrected chi connectivity index (χ4v) is 12.1. The molecule has 2 fully saturated rings. The predicted octanol–water partition coefficient (Wildman–Crippen LogP) is 4.93. The summed E-state index contributed by atoms with van der Waals surface area (Å²) < 4.78 is 14.2. The third-order valence-electron chi connectivity index (χ3n) is 9.54. The topological polar surface area (TPSA) is 50.7 Å². The van der Waals surface area contributed by atoms with Crippen LogP contribution in [0.1, 0.15) is 53.4 Å². The minimum atomic E-state index is -2.83. The zero-order valence-electron chi connectivity index (χ0n) is 22.9. The summed E-state index contributed by atoms with van der Waals surface area (Å²) in [7, 11) is -2.83. The molecule has 4 nitrogen and oxygen atoms in total. The Labute approximate surface area is 223 Å². The van der Waals surface area contributed by atoms with Gasteiger partial charge in [0.2, 0.25) is 0 Å². The second-order valence-corrected chi connectivity index (χ2v) is 16.7. The van der Waals surface area contributed by atoms with Crippen molar-refractivity contribution >= 4 is 18.7 Å². The van der Waals surface area contributed by atoms with Crippen LogP contribution in [0.25, 0.3) is 0 Å². The Balaban J connectivity index is 1.66. The molecule has 0 radical (unpaired) electrons. The fraction of sp³-hybridized carbons (Fsp3) is 0.500. The summed E-state index contributed by atoms with van der Waals surface area (Å²) in [4.78, 5) is 0. The van der Waals surface area contributed by atoms with E-state index in [-0.39, 0.29) is 15.9 Å². The summed E-state index contributed by atoms with van der Waals surface area (Å²) >= 11 is 0. The molecule has 3 atom stereocenters. The van der Waals surface area contributed by atoms with Crippen molar-refractivity contribution in [3.8, 4) is 0 Å². The number of allylic oxidation sites excluding steroid dienone is 2. The molecular weight excluding hydrogens is 474 g/mol. The van der Waals surface area contributed by atoms with Crippen LogP contribution in [0.4, 0.5) is 0 Å². The molecule has 2 N–H and O–H groups in total. The molecule has 3 aliphatic rings. The lowest BCUT2D eigenvalue weighted by Crippen LogP contribution is -2.70. The predicted molar refractivity (Wildman–Crippen MR) is 154 cm³/mol. The lowest BCUT2D eigenvalue weighted by Gasteiger charge is -2.59. The molecule has 198 valence electrons. The first-order valence-electron chi connectivity index (χ1n) is 13.9. The molecule has 1 aliphatic carbocycles. The monoisotopic (exact) mass is 517 g/mol.